The molecule has 0 unspecified atom stereocenters. The van der Waals surface area contributed by atoms with E-state index in [-0.39, 0.29) is 10.8 Å². The van der Waals surface area contributed by atoms with Gasteiger partial charge in [-0.15, -0.1) is 0 Å². The molecule has 1 aliphatic heterocycles. The molecule has 1 aromatic heterocycles. The number of nitrogens with one attached hydrogen (secondary N) is 1. The fourth-order valence-corrected chi connectivity index (χ4v) is 5.75. The molecule has 140 valence electrons. The molecule has 1 aliphatic rings. The number of benzene rings is 2. The van der Waals surface area contributed by atoms with E-state index in [4.69, 9.17) is 11.6 Å². The van der Waals surface area contributed by atoms with E-state index in [0.29, 0.717) is 39.0 Å². The highest BCUT2D eigenvalue weighted by atomic mass is 35.5. The van der Waals surface area contributed by atoms with Gasteiger partial charge in [0, 0.05) is 13.1 Å². The van der Waals surface area contributed by atoms with Crippen molar-refractivity contribution in [1.29, 1.82) is 0 Å². The summed E-state index contributed by atoms with van der Waals surface area (Å²) in [4.78, 5) is 17.0. The Morgan fingerprint density at radius 1 is 1.15 bits per heavy atom. The number of carbonyl (C=O) groups excluding carboxylic acids is 1. The molecule has 1 N–H and O–H groups in total. The molecule has 1 saturated heterocycles. The molecule has 0 saturated carbocycles. The van der Waals surface area contributed by atoms with Gasteiger partial charge in [-0.2, -0.15) is 4.31 Å². The summed E-state index contributed by atoms with van der Waals surface area (Å²) in [6.45, 7) is 1.12. The summed E-state index contributed by atoms with van der Waals surface area (Å²) in [6.07, 6.45) is 1.78. The van der Waals surface area contributed by atoms with Gasteiger partial charge in [0.2, 0.25) is 10.0 Å². The molecule has 0 spiro atoms. The van der Waals surface area contributed by atoms with Crippen LogP contribution in [-0.2, 0) is 10.0 Å². The van der Waals surface area contributed by atoms with Gasteiger partial charge in [-0.05, 0) is 43.2 Å². The van der Waals surface area contributed by atoms with Crippen molar-refractivity contribution in [2.75, 3.05) is 18.4 Å². The van der Waals surface area contributed by atoms with Gasteiger partial charge in [0.05, 0.1) is 25.7 Å². The van der Waals surface area contributed by atoms with E-state index < -0.39 is 10.0 Å². The van der Waals surface area contributed by atoms with Crippen molar-refractivity contribution < 1.29 is 13.2 Å². The predicted molar refractivity (Wildman–Crippen MR) is 107 cm³/mol. The third-order valence-electron chi connectivity index (χ3n) is 4.40. The average Bonchev–Trinajstić information content (AvgIpc) is 3.31. The summed E-state index contributed by atoms with van der Waals surface area (Å²) in [6, 6.07) is 11.6. The largest absolute Gasteiger partial charge is 0.298 e. The first-order chi connectivity index (χ1) is 12.9. The number of fused-ring (bicyclic) bond motifs is 1. The van der Waals surface area contributed by atoms with Crippen LogP contribution in [0.25, 0.3) is 10.2 Å². The first kappa shape index (κ1) is 18.4. The number of carbonyl (C=O) groups is 1. The summed E-state index contributed by atoms with van der Waals surface area (Å²) < 4.78 is 27.6. The van der Waals surface area contributed by atoms with Crippen molar-refractivity contribution in [2.45, 2.75) is 17.7 Å². The van der Waals surface area contributed by atoms with Crippen molar-refractivity contribution in [3.63, 3.8) is 0 Å². The lowest BCUT2D eigenvalue weighted by Gasteiger charge is -2.15. The second kappa shape index (κ2) is 7.20. The topological polar surface area (TPSA) is 79.4 Å². The lowest BCUT2D eigenvalue weighted by molar-refractivity contribution is 0.102. The molecule has 9 heteroatoms. The second-order valence-electron chi connectivity index (χ2n) is 6.19. The van der Waals surface area contributed by atoms with E-state index in [0.717, 1.165) is 12.8 Å². The fourth-order valence-electron chi connectivity index (χ4n) is 3.01. The minimum Gasteiger partial charge on any atom is -0.298 e. The molecule has 1 fully saturated rings. The Kier molecular flexibility index (Phi) is 4.90. The van der Waals surface area contributed by atoms with Gasteiger partial charge < -0.3 is 0 Å². The lowest BCUT2D eigenvalue weighted by atomic mass is 10.2. The van der Waals surface area contributed by atoms with Crippen molar-refractivity contribution in [3.8, 4) is 0 Å². The zero-order chi connectivity index (χ0) is 19.0. The molecule has 4 rings (SSSR count). The number of sulfonamides is 1. The zero-order valence-electron chi connectivity index (χ0n) is 14.2. The maximum Gasteiger partial charge on any atom is 0.258 e. The second-order valence-corrected chi connectivity index (χ2v) is 9.57. The summed E-state index contributed by atoms with van der Waals surface area (Å²) >= 11 is 7.28. The molecule has 3 aromatic rings. The summed E-state index contributed by atoms with van der Waals surface area (Å²) in [7, 11) is -3.49. The smallest absolute Gasteiger partial charge is 0.258 e. The molecular weight excluding hydrogens is 406 g/mol. The van der Waals surface area contributed by atoms with Crippen LogP contribution in [-0.4, -0.2) is 36.7 Å². The number of hydrogen-bond donors (Lipinski definition) is 1. The van der Waals surface area contributed by atoms with Crippen LogP contribution in [0, 0.1) is 0 Å². The highest BCUT2D eigenvalue weighted by Crippen LogP contribution is 2.30. The number of halogens is 1. The van der Waals surface area contributed by atoms with Crippen LogP contribution >= 0.6 is 22.9 Å². The van der Waals surface area contributed by atoms with Gasteiger partial charge in [-0.25, -0.2) is 13.4 Å². The van der Waals surface area contributed by atoms with Gasteiger partial charge in [-0.3, -0.25) is 10.1 Å². The standard InChI is InChI=1S/C18H16ClN3O3S2/c19-14-6-2-1-5-13(14)17(23)21-18-20-15-8-7-12(11-16(15)26-18)27(24,25)22-9-3-4-10-22/h1-2,5-8,11H,3-4,9-10H2,(H,20,21,23). The van der Waals surface area contributed by atoms with Gasteiger partial charge in [0.15, 0.2) is 5.13 Å². The predicted octanol–water partition coefficient (Wildman–Crippen LogP) is 3.99. The maximum absolute atomic E-state index is 12.7. The minimum atomic E-state index is -3.49. The molecule has 6 nitrogen and oxygen atoms in total. The van der Waals surface area contributed by atoms with Crippen LogP contribution in [0.2, 0.25) is 5.02 Å². The maximum atomic E-state index is 12.7. The third-order valence-corrected chi connectivity index (χ3v) is 7.56. The monoisotopic (exact) mass is 421 g/mol. The number of aromatic nitrogens is 1. The van der Waals surface area contributed by atoms with Crippen LogP contribution in [0.15, 0.2) is 47.4 Å². The third kappa shape index (κ3) is 3.58. The molecule has 2 heterocycles. The molecule has 27 heavy (non-hydrogen) atoms. The fraction of sp³-hybridized carbons (Fsp3) is 0.222. The minimum absolute atomic E-state index is 0.254. The highest BCUT2D eigenvalue weighted by molar-refractivity contribution is 7.89. The van der Waals surface area contributed by atoms with E-state index in [9.17, 15) is 13.2 Å². The Bertz CT molecular complexity index is 1120. The Hall–Kier alpha value is -2.00. The van der Waals surface area contributed by atoms with Crippen molar-refractivity contribution in [1.82, 2.24) is 9.29 Å². The van der Waals surface area contributed by atoms with Crippen LogP contribution in [0.5, 0.6) is 0 Å². The number of thiazole rings is 1. The Balaban J connectivity index is 1.61. The normalized spacial score (nSPS) is 15.3. The molecule has 0 bridgehead atoms. The van der Waals surface area contributed by atoms with Gasteiger partial charge in [0.1, 0.15) is 0 Å². The Morgan fingerprint density at radius 2 is 1.89 bits per heavy atom. The number of amides is 1. The first-order valence-corrected chi connectivity index (χ1v) is 11.1. The lowest BCUT2D eigenvalue weighted by Crippen LogP contribution is -2.27. The van der Waals surface area contributed by atoms with E-state index in [1.165, 1.54) is 15.6 Å². The van der Waals surface area contributed by atoms with Gasteiger partial charge in [0.25, 0.3) is 5.91 Å². The molecule has 2 aromatic carbocycles. The summed E-state index contributed by atoms with van der Waals surface area (Å²) in [5, 5.41) is 3.48. The zero-order valence-corrected chi connectivity index (χ0v) is 16.6. The molecule has 0 radical (unpaired) electrons. The van der Waals surface area contributed by atoms with Crippen molar-refractivity contribution >= 4 is 54.2 Å². The van der Waals surface area contributed by atoms with E-state index >= 15 is 0 Å². The number of nitrogens with zero attached hydrogens (tertiary/aromatic N) is 2. The van der Waals surface area contributed by atoms with Gasteiger partial charge in [-0.1, -0.05) is 35.1 Å². The average molecular weight is 422 g/mol. The Morgan fingerprint density at radius 3 is 2.63 bits per heavy atom. The highest BCUT2D eigenvalue weighted by Gasteiger charge is 2.27. The molecule has 0 aliphatic carbocycles. The van der Waals surface area contributed by atoms with Crippen molar-refractivity contribution in [3.05, 3.63) is 53.1 Å². The van der Waals surface area contributed by atoms with Crippen LogP contribution in [0.4, 0.5) is 5.13 Å². The SMILES string of the molecule is O=C(Nc1nc2ccc(S(=O)(=O)N3CCCC3)cc2s1)c1ccccc1Cl. The first-order valence-electron chi connectivity index (χ1n) is 8.42. The number of rotatable bonds is 4. The van der Waals surface area contributed by atoms with E-state index in [2.05, 4.69) is 10.3 Å². The van der Waals surface area contributed by atoms with Gasteiger partial charge >= 0.3 is 0 Å². The van der Waals surface area contributed by atoms with E-state index in [1.54, 1.807) is 42.5 Å². The van der Waals surface area contributed by atoms with Crippen molar-refractivity contribution in [2.24, 2.45) is 0 Å². The molecule has 1 amide bonds. The quantitative estimate of drug-likeness (QED) is 0.690. The number of anilines is 1. The van der Waals surface area contributed by atoms with Crippen LogP contribution in [0.3, 0.4) is 0 Å². The summed E-state index contributed by atoms with van der Waals surface area (Å²) in [5.41, 5.74) is 0.991. The number of hydrogen-bond acceptors (Lipinski definition) is 5. The molecule has 0 atom stereocenters. The Labute approximate surface area is 165 Å². The van der Waals surface area contributed by atoms with Crippen LogP contribution < -0.4 is 5.32 Å². The van der Waals surface area contributed by atoms with Crippen LogP contribution in [0.1, 0.15) is 23.2 Å². The molecular formula is C18H16ClN3O3S2. The van der Waals surface area contributed by atoms with E-state index in [1.807, 2.05) is 0 Å². The summed E-state index contributed by atoms with van der Waals surface area (Å²) in [5.74, 6) is -0.357.